The molecule has 1 aromatic carbocycles. The van der Waals surface area contributed by atoms with Gasteiger partial charge in [0.15, 0.2) is 11.6 Å². The van der Waals surface area contributed by atoms with E-state index in [0.717, 1.165) is 31.7 Å². The fourth-order valence-corrected chi connectivity index (χ4v) is 3.48. The lowest BCUT2D eigenvalue weighted by molar-refractivity contribution is -0.147. The predicted molar refractivity (Wildman–Crippen MR) is 71.7 cm³/mol. The Kier molecular flexibility index (Phi) is 3.75. The third-order valence-corrected chi connectivity index (χ3v) is 4.75. The molecule has 110 valence electrons. The summed E-state index contributed by atoms with van der Waals surface area (Å²) in [5.74, 6) is 4.30. The first-order valence-corrected chi connectivity index (χ1v) is 7.19. The molecule has 0 radical (unpaired) electrons. The molecule has 1 aliphatic carbocycles. The second-order valence-electron chi connectivity index (χ2n) is 5.96. The first-order valence-electron chi connectivity index (χ1n) is 7.19. The predicted octanol–water partition coefficient (Wildman–Crippen LogP) is 2.82. The van der Waals surface area contributed by atoms with Crippen molar-refractivity contribution in [1.82, 2.24) is 5.43 Å². The van der Waals surface area contributed by atoms with Crippen LogP contribution < -0.4 is 11.3 Å². The van der Waals surface area contributed by atoms with E-state index in [1.165, 1.54) is 12.5 Å². The van der Waals surface area contributed by atoms with Gasteiger partial charge in [0.1, 0.15) is 0 Å². The summed E-state index contributed by atoms with van der Waals surface area (Å²) in [6.45, 7) is 0.715. The van der Waals surface area contributed by atoms with Crippen molar-refractivity contribution in [3.8, 4) is 0 Å². The lowest BCUT2D eigenvalue weighted by Gasteiger charge is -2.48. The Morgan fingerprint density at radius 3 is 2.70 bits per heavy atom. The van der Waals surface area contributed by atoms with Gasteiger partial charge in [-0.1, -0.05) is 6.07 Å². The van der Waals surface area contributed by atoms with Crippen LogP contribution in [0.1, 0.15) is 43.7 Å². The standard InChI is InChI=1S/C15H20F2N2O/c16-12-3-2-10(8-13(12)17)14(19-18)11-4-7-20-15(9-11)5-1-6-15/h2-3,8,11,14,19H,1,4-7,9,18H2. The zero-order valence-corrected chi connectivity index (χ0v) is 11.4. The molecule has 1 heterocycles. The monoisotopic (exact) mass is 282 g/mol. The number of nitrogens with two attached hydrogens (primary N) is 1. The van der Waals surface area contributed by atoms with Gasteiger partial charge >= 0.3 is 0 Å². The minimum Gasteiger partial charge on any atom is -0.375 e. The van der Waals surface area contributed by atoms with Crippen LogP contribution in [0.5, 0.6) is 0 Å². The van der Waals surface area contributed by atoms with E-state index in [-0.39, 0.29) is 11.6 Å². The SMILES string of the molecule is NNC(c1ccc(F)c(F)c1)C1CCOC2(CCC2)C1. The van der Waals surface area contributed by atoms with Crippen LogP contribution in [0.25, 0.3) is 0 Å². The Labute approximate surface area is 117 Å². The van der Waals surface area contributed by atoms with Gasteiger partial charge in [-0.05, 0) is 55.7 Å². The Morgan fingerprint density at radius 2 is 2.10 bits per heavy atom. The van der Waals surface area contributed by atoms with E-state index in [2.05, 4.69) is 5.43 Å². The van der Waals surface area contributed by atoms with Crippen LogP contribution in [-0.2, 0) is 4.74 Å². The number of hydrogen-bond donors (Lipinski definition) is 2. The molecule has 5 heteroatoms. The first-order chi connectivity index (χ1) is 9.63. The highest BCUT2D eigenvalue weighted by atomic mass is 19.2. The van der Waals surface area contributed by atoms with E-state index >= 15 is 0 Å². The van der Waals surface area contributed by atoms with E-state index < -0.39 is 11.6 Å². The normalized spacial score (nSPS) is 26.2. The second-order valence-corrected chi connectivity index (χ2v) is 5.96. The van der Waals surface area contributed by atoms with Crippen LogP contribution in [0.3, 0.4) is 0 Å². The summed E-state index contributed by atoms with van der Waals surface area (Å²) in [5.41, 5.74) is 3.49. The van der Waals surface area contributed by atoms with E-state index in [9.17, 15) is 8.78 Å². The number of rotatable bonds is 3. The number of hydrazine groups is 1. The molecule has 1 saturated heterocycles. The molecule has 0 bridgehead atoms. The zero-order chi connectivity index (χ0) is 14.2. The van der Waals surface area contributed by atoms with Gasteiger partial charge in [-0.2, -0.15) is 0 Å². The molecule has 0 aromatic heterocycles. The molecular weight excluding hydrogens is 262 g/mol. The lowest BCUT2D eigenvalue weighted by Crippen LogP contribution is -2.48. The molecule has 2 atom stereocenters. The fraction of sp³-hybridized carbons (Fsp3) is 0.600. The third kappa shape index (κ3) is 2.45. The third-order valence-electron chi connectivity index (χ3n) is 4.75. The van der Waals surface area contributed by atoms with Crippen molar-refractivity contribution in [2.45, 2.75) is 43.7 Å². The fourth-order valence-electron chi connectivity index (χ4n) is 3.48. The van der Waals surface area contributed by atoms with Gasteiger partial charge in [-0.15, -0.1) is 0 Å². The average molecular weight is 282 g/mol. The summed E-state index contributed by atoms with van der Waals surface area (Å²) >= 11 is 0. The molecule has 1 saturated carbocycles. The Morgan fingerprint density at radius 1 is 1.30 bits per heavy atom. The van der Waals surface area contributed by atoms with Gasteiger partial charge in [-0.3, -0.25) is 11.3 Å². The quantitative estimate of drug-likeness (QED) is 0.662. The number of benzene rings is 1. The number of nitrogens with one attached hydrogen (secondary N) is 1. The zero-order valence-electron chi connectivity index (χ0n) is 11.4. The van der Waals surface area contributed by atoms with Crippen molar-refractivity contribution in [3.63, 3.8) is 0 Å². The van der Waals surface area contributed by atoms with Gasteiger partial charge in [0.2, 0.25) is 0 Å². The first kappa shape index (κ1) is 13.9. The molecule has 20 heavy (non-hydrogen) atoms. The summed E-state index contributed by atoms with van der Waals surface area (Å²) in [7, 11) is 0. The van der Waals surface area contributed by atoms with Crippen LogP contribution in [0, 0.1) is 17.6 Å². The van der Waals surface area contributed by atoms with Crippen molar-refractivity contribution in [3.05, 3.63) is 35.4 Å². The lowest BCUT2D eigenvalue weighted by atomic mass is 9.70. The van der Waals surface area contributed by atoms with Crippen LogP contribution in [0.4, 0.5) is 8.78 Å². The molecule has 3 nitrogen and oxygen atoms in total. The number of ether oxygens (including phenoxy) is 1. The van der Waals surface area contributed by atoms with Gasteiger partial charge in [-0.25, -0.2) is 8.78 Å². The molecule has 3 N–H and O–H groups in total. The van der Waals surface area contributed by atoms with Crippen LogP contribution >= 0.6 is 0 Å². The maximum absolute atomic E-state index is 13.4. The maximum Gasteiger partial charge on any atom is 0.159 e. The summed E-state index contributed by atoms with van der Waals surface area (Å²) < 4.78 is 32.4. The molecule has 1 spiro atoms. The highest BCUT2D eigenvalue weighted by Crippen LogP contribution is 2.47. The van der Waals surface area contributed by atoms with Gasteiger partial charge in [0.05, 0.1) is 5.60 Å². The minimum absolute atomic E-state index is 0.0105. The van der Waals surface area contributed by atoms with Gasteiger partial charge in [0, 0.05) is 12.6 Å². The molecule has 2 aliphatic rings. The van der Waals surface area contributed by atoms with Crippen LogP contribution in [0.2, 0.25) is 0 Å². The van der Waals surface area contributed by atoms with Crippen molar-refractivity contribution in [2.75, 3.05) is 6.61 Å². The minimum atomic E-state index is -0.827. The van der Waals surface area contributed by atoms with Crippen molar-refractivity contribution in [2.24, 2.45) is 11.8 Å². The van der Waals surface area contributed by atoms with E-state index in [1.54, 1.807) is 6.07 Å². The molecule has 3 rings (SSSR count). The molecule has 0 amide bonds. The Hall–Kier alpha value is -1.04. The van der Waals surface area contributed by atoms with Gasteiger partial charge in [0.25, 0.3) is 0 Å². The van der Waals surface area contributed by atoms with E-state index in [4.69, 9.17) is 10.6 Å². The largest absolute Gasteiger partial charge is 0.375 e. The molecule has 1 aromatic rings. The summed E-state index contributed by atoms with van der Waals surface area (Å²) in [5, 5.41) is 0. The second kappa shape index (κ2) is 5.39. The molecule has 2 unspecified atom stereocenters. The number of hydrogen-bond acceptors (Lipinski definition) is 3. The Balaban J connectivity index is 1.79. The molecular formula is C15H20F2N2O. The maximum atomic E-state index is 13.4. The number of halogens is 2. The van der Waals surface area contributed by atoms with Gasteiger partial charge < -0.3 is 4.74 Å². The average Bonchev–Trinajstić information content (AvgIpc) is 2.42. The Bertz CT molecular complexity index is 491. The molecule has 1 aliphatic heterocycles. The smallest absolute Gasteiger partial charge is 0.159 e. The summed E-state index contributed by atoms with van der Waals surface area (Å²) in [4.78, 5) is 0. The van der Waals surface area contributed by atoms with Crippen molar-refractivity contribution < 1.29 is 13.5 Å². The van der Waals surface area contributed by atoms with Crippen molar-refractivity contribution >= 4 is 0 Å². The highest BCUT2D eigenvalue weighted by molar-refractivity contribution is 5.22. The van der Waals surface area contributed by atoms with E-state index in [1.807, 2.05) is 0 Å². The highest BCUT2D eigenvalue weighted by Gasteiger charge is 2.44. The van der Waals surface area contributed by atoms with Crippen LogP contribution in [-0.4, -0.2) is 12.2 Å². The molecule has 2 fully saturated rings. The summed E-state index contributed by atoms with van der Waals surface area (Å²) in [6.07, 6.45) is 5.21. The van der Waals surface area contributed by atoms with E-state index in [0.29, 0.717) is 18.1 Å². The summed E-state index contributed by atoms with van der Waals surface area (Å²) in [6, 6.07) is 3.84. The van der Waals surface area contributed by atoms with Crippen LogP contribution in [0.15, 0.2) is 18.2 Å². The van der Waals surface area contributed by atoms with Crippen molar-refractivity contribution in [1.29, 1.82) is 0 Å². The topological polar surface area (TPSA) is 47.3 Å².